The Morgan fingerprint density at radius 3 is 1.64 bits per heavy atom. The van der Waals surface area contributed by atoms with Crippen molar-refractivity contribution >= 4 is 0 Å². The summed E-state index contributed by atoms with van der Waals surface area (Å²) < 4.78 is 0. The van der Waals surface area contributed by atoms with Crippen LogP contribution in [0.25, 0.3) is 0 Å². The average molecular weight is 152 g/mol. The zero-order valence-electron chi connectivity index (χ0n) is 8.17. The summed E-state index contributed by atoms with van der Waals surface area (Å²) >= 11 is 0. The van der Waals surface area contributed by atoms with Crippen LogP contribution in [0.1, 0.15) is 34.1 Å². The summed E-state index contributed by atoms with van der Waals surface area (Å²) in [4.78, 5) is 0. The molecule has 0 bridgehead atoms. The quantitative estimate of drug-likeness (QED) is 0.495. The number of hydrogen-bond acceptors (Lipinski definition) is 0. The summed E-state index contributed by atoms with van der Waals surface area (Å²) in [5, 5.41) is 0. The maximum Gasteiger partial charge on any atom is -0.0253 e. The molecule has 64 valence electrons. The Bertz CT molecular complexity index is 115. The molecule has 1 aliphatic rings. The fraction of sp³-hybridized carbons (Fsp3) is 0.636. The van der Waals surface area contributed by atoms with Crippen LogP contribution in [0.4, 0.5) is 0 Å². The van der Waals surface area contributed by atoms with Crippen molar-refractivity contribution in [3.05, 3.63) is 24.3 Å². The summed E-state index contributed by atoms with van der Waals surface area (Å²) in [6, 6.07) is 0. The Hall–Kier alpha value is -0.520. The number of hydrogen-bond donors (Lipinski definition) is 0. The van der Waals surface area contributed by atoms with E-state index in [1.807, 2.05) is 13.8 Å². The molecule has 0 N–H and O–H groups in total. The lowest BCUT2D eigenvalue weighted by molar-refractivity contribution is 0.548. The summed E-state index contributed by atoms with van der Waals surface area (Å²) in [6.07, 6.45) is 10.1. The fourth-order valence-electron chi connectivity index (χ4n) is 1.25. The monoisotopic (exact) mass is 152 g/mol. The van der Waals surface area contributed by atoms with Crippen LogP contribution in [0.3, 0.4) is 0 Å². The van der Waals surface area contributed by atoms with Gasteiger partial charge in [0.05, 0.1) is 0 Å². The first kappa shape index (κ1) is 10.5. The van der Waals surface area contributed by atoms with Gasteiger partial charge in [-0.15, -0.1) is 0 Å². The molecular formula is C11H20. The summed E-state index contributed by atoms with van der Waals surface area (Å²) in [5.41, 5.74) is 0. The molecule has 11 heavy (non-hydrogen) atoms. The van der Waals surface area contributed by atoms with Crippen LogP contribution in [0.15, 0.2) is 24.3 Å². The van der Waals surface area contributed by atoms with Crippen LogP contribution >= 0.6 is 0 Å². The first-order chi connectivity index (χ1) is 5.29. The Morgan fingerprint density at radius 1 is 0.909 bits per heavy atom. The fourth-order valence-corrected chi connectivity index (χ4v) is 1.25. The third kappa shape index (κ3) is 4.83. The standard InChI is InChI=1S/C9H14.C2H6/c1-8-5-3-4-6-9(2)7-8;1-2/h3-6,8-9H,7H2,1-2H3;1-2H3. The molecule has 0 heterocycles. The predicted octanol–water partition coefficient (Wildman–Crippen LogP) is 3.80. The maximum atomic E-state index is 2.26. The van der Waals surface area contributed by atoms with Crippen LogP contribution in [-0.4, -0.2) is 0 Å². The molecule has 0 saturated carbocycles. The molecule has 0 heteroatoms. The highest BCUT2D eigenvalue weighted by molar-refractivity contribution is 5.08. The van der Waals surface area contributed by atoms with E-state index in [4.69, 9.17) is 0 Å². The molecule has 0 nitrogen and oxygen atoms in total. The van der Waals surface area contributed by atoms with Gasteiger partial charge in [-0.1, -0.05) is 52.0 Å². The second-order valence-corrected chi connectivity index (χ2v) is 2.96. The highest BCUT2D eigenvalue weighted by Gasteiger charge is 2.03. The van der Waals surface area contributed by atoms with Crippen molar-refractivity contribution in [2.45, 2.75) is 34.1 Å². The van der Waals surface area contributed by atoms with E-state index in [1.165, 1.54) is 6.42 Å². The van der Waals surface area contributed by atoms with Gasteiger partial charge in [-0.3, -0.25) is 0 Å². The third-order valence-electron chi connectivity index (χ3n) is 1.73. The molecule has 0 aromatic carbocycles. The zero-order chi connectivity index (χ0) is 8.69. The topological polar surface area (TPSA) is 0 Å². The van der Waals surface area contributed by atoms with Crippen LogP contribution in [0.5, 0.6) is 0 Å². The van der Waals surface area contributed by atoms with Gasteiger partial charge in [0.15, 0.2) is 0 Å². The van der Waals surface area contributed by atoms with Gasteiger partial charge in [-0.05, 0) is 18.3 Å². The van der Waals surface area contributed by atoms with Crippen molar-refractivity contribution in [1.29, 1.82) is 0 Å². The molecule has 1 rings (SSSR count). The van der Waals surface area contributed by atoms with E-state index in [-0.39, 0.29) is 0 Å². The largest absolute Gasteiger partial charge is 0.0817 e. The van der Waals surface area contributed by atoms with E-state index >= 15 is 0 Å². The molecule has 1 aliphatic carbocycles. The number of allylic oxidation sites excluding steroid dienone is 4. The average Bonchev–Trinajstić information content (AvgIpc) is 2.18. The minimum Gasteiger partial charge on any atom is -0.0817 e. The van der Waals surface area contributed by atoms with Crippen LogP contribution < -0.4 is 0 Å². The van der Waals surface area contributed by atoms with Gasteiger partial charge < -0.3 is 0 Å². The van der Waals surface area contributed by atoms with Gasteiger partial charge in [0.25, 0.3) is 0 Å². The maximum absolute atomic E-state index is 2.26. The van der Waals surface area contributed by atoms with Crippen LogP contribution in [-0.2, 0) is 0 Å². The first-order valence-electron chi connectivity index (χ1n) is 4.64. The smallest absolute Gasteiger partial charge is 0.0253 e. The number of rotatable bonds is 0. The van der Waals surface area contributed by atoms with E-state index < -0.39 is 0 Å². The van der Waals surface area contributed by atoms with Crippen molar-refractivity contribution < 1.29 is 0 Å². The molecule has 2 unspecified atom stereocenters. The van der Waals surface area contributed by atoms with Crippen molar-refractivity contribution in [2.24, 2.45) is 11.8 Å². The predicted molar refractivity (Wildman–Crippen MR) is 52.6 cm³/mol. The lowest BCUT2D eigenvalue weighted by atomic mass is 9.99. The molecule has 0 aromatic rings. The highest BCUT2D eigenvalue weighted by Crippen LogP contribution is 2.16. The van der Waals surface area contributed by atoms with E-state index in [9.17, 15) is 0 Å². The lowest BCUT2D eigenvalue weighted by Crippen LogP contribution is -1.95. The first-order valence-corrected chi connectivity index (χ1v) is 4.64. The minimum absolute atomic E-state index is 0.759. The lowest BCUT2D eigenvalue weighted by Gasteiger charge is -2.06. The second kappa shape index (κ2) is 6.21. The minimum atomic E-state index is 0.759. The third-order valence-corrected chi connectivity index (χ3v) is 1.73. The second-order valence-electron chi connectivity index (χ2n) is 2.96. The van der Waals surface area contributed by atoms with Crippen molar-refractivity contribution in [1.82, 2.24) is 0 Å². The van der Waals surface area contributed by atoms with Crippen molar-refractivity contribution in [3.8, 4) is 0 Å². The van der Waals surface area contributed by atoms with Crippen molar-refractivity contribution in [3.63, 3.8) is 0 Å². The molecule has 0 aliphatic heterocycles. The van der Waals surface area contributed by atoms with E-state index in [1.54, 1.807) is 0 Å². The Balaban J connectivity index is 0.000000461. The molecule has 0 amide bonds. The zero-order valence-corrected chi connectivity index (χ0v) is 8.17. The van der Waals surface area contributed by atoms with Gasteiger partial charge >= 0.3 is 0 Å². The Kier molecular flexibility index (Phi) is 5.91. The molecule has 0 radical (unpaired) electrons. The summed E-state index contributed by atoms with van der Waals surface area (Å²) in [7, 11) is 0. The summed E-state index contributed by atoms with van der Waals surface area (Å²) in [6.45, 7) is 8.53. The van der Waals surface area contributed by atoms with Gasteiger partial charge in [0, 0.05) is 0 Å². The van der Waals surface area contributed by atoms with E-state index in [0.717, 1.165) is 11.8 Å². The van der Waals surface area contributed by atoms with Crippen LogP contribution in [0.2, 0.25) is 0 Å². The van der Waals surface area contributed by atoms with Crippen molar-refractivity contribution in [2.75, 3.05) is 0 Å². The molecular weight excluding hydrogens is 132 g/mol. The SMILES string of the molecule is CC.CC1C=CC=CC(C)C1. The van der Waals surface area contributed by atoms with E-state index in [2.05, 4.69) is 38.2 Å². The Labute approximate surface area is 71.0 Å². The molecule has 2 atom stereocenters. The van der Waals surface area contributed by atoms with Gasteiger partial charge in [0.1, 0.15) is 0 Å². The highest BCUT2D eigenvalue weighted by atomic mass is 14.1. The molecule has 0 aromatic heterocycles. The van der Waals surface area contributed by atoms with Gasteiger partial charge in [0.2, 0.25) is 0 Å². The van der Waals surface area contributed by atoms with Gasteiger partial charge in [-0.2, -0.15) is 0 Å². The van der Waals surface area contributed by atoms with Crippen LogP contribution in [0, 0.1) is 11.8 Å². The Morgan fingerprint density at radius 2 is 1.27 bits per heavy atom. The molecule has 0 spiro atoms. The summed E-state index contributed by atoms with van der Waals surface area (Å²) in [5.74, 6) is 1.52. The van der Waals surface area contributed by atoms with E-state index in [0.29, 0.717) is 0 Å². The molecule has 0 saturated heterocycles. The molecule has 0 fully saturated rings. The normalized spacial score (nSPS) is 28.7. The van der Waals surface area contributed by atoms with Gasteiger partial charge in [-0.25, -0.2) is 0 Å².